The first-order valence-electron chi connectivity index (χ1n) is 28.4. The van der Waals surface area contributed by atoms with Gasteiger partial charge in [0.2, 0.25) is 5.91 Å². The van der Waals surface area contributed by atoms with Crippen LogP contribution in [0, 0.1) is 0 Å². The number of hydrogen-bond donors (Lipinski definition) is 6. The summed E-state index contributed by atoms with van der Waals surface area (Å²) in [7, 11) is 0. The third kappa shape index (κ3) is 38.7. The lowest BCUT2D eigenvalue weighted by atomic mass is 9.99. The normalized spacial score (nSPS) is 20.1. The van der Waals surface area contributed by atoms with Crippen LogP contribution < -0.4 is 5.32 Å². The average molecular weight is 981 g/mol. The first-order valence-corrected chi connectivity index (χ1v) is 28.4. The van der Waals surface area contributed by atoms with Crippen molar-refractivity contribution < 1.29 is 39.8 Å². The van der Waals surface area contributed by atoms with Crippen LogP contribution in [0.4, 0.5) is 0 Å². The summed E-state index contributed by atoms with van der Waals surface area (Å²) >= 11 is 0. The molecule has 0 saturated carbocycles. The highest BCUT2D eigenvalue weighted by molar-refractivity contribution is 5.76. The molecule has 0 bridgehead atoms. The largest absolute Gasteiger partial charge is 0.394 e. The van der Waals surface area contributed by atoms with Gasteiger partial charge in [-0.05, 0) is 77.0 Å². The molecule has 1 rings (SSSR count). The Kier molecular flexibility index (Phi) is 46.2. The Morgan fingerprint density at radius 1 is 0.500 bits per heavy atom. The van der Waals surface area contributed by atoms with Gasteiger partial charge in [-0.1, -0.05) is 239 Å². The molecule has 0 spiro atoms. The van der Waals surface area contributed by atoms with Gasteiger partial charge >= 0.3 is 0 Å². The van der Waals surface area contributed by atoms with E-state index in [-0.39, 0.29) is 12.5 Å². The molecule has 1 amide bonds. The molecule has 0 aromatic heterocycles. The Labute approximate surface area is 428 Å². The van der Waals surface area contributed by atoms with Crippen molar-refractivity contribution in [2.45, 2.75) is 269 Å². The second kappa shape index (κ2) is 49.7. The zero-order chi connectivity index (χ0) is 50.8. The fourth-order valence-corrected chi connectivity index (χ4v) is 8.47. The second-order valence-corrected chi connectivity index (χ2v) is 19.4. The van der Waals surface area contributed by atoms with Gasteiger partial charge in [0.15, 0.2) is 6.29 Å². The molecule has 402 valence electrons. The van der Waals surface area contributed by atoms with Gasteiger partial charge in [-0.25, -0.2) is 0 Å². The van der Waals surface area contributed by atoms with Crippen LogP contribution in [0.25, 0.3) is 0 Å². The highest BCUT2D eigenvalue weighted by Crippen LogP contribution is 2.23. The predicted molar refractivity (Wildman–Crippen MR) is 294 cm³/mol. The predicted octanol–water partition coefficient (Wildman–Crippen LogP) is 14.0. The molecule has 0 aromatic carbocycles. The van der Waals surface area contributed by atoms with E-state index in [2.05, 4.69) is 116 Å². The van der Waals surface area contributed by atoms with Gasteiger partial charge in [0.1, 0.15) is 24.4 Å². The van der Waals surface area contributed by atoms with Gasteiger partial charge in [0.25, 0.3) is 0 Å². The highest BCUT2D eigenvalue weighted by Gasteiger charge is 2.44. The minimum Gasteiger partial charge on any atom is -0.394 e. The molecule has 9 heteroatoms. The quantitative estimate of drug-likeness (QED) is 0.0261. The first kappa shape index (κ1) is 65.1. The maximum atomic E-state index is 13.1. The molecule has 1 aliphatic heterocycles. The number of nitrogens with one attached hydrogen (secondary N) is 1. The summed E-state index contributed by atoms with van der Waals surface area (Å²) in [6.07, 6.45) is 64.2. The lowest BCUT2D eigenvalue weighted by Gasteiger charge is -2.40. The van der Waals surface area contributed by atoms with E-state index in [4.69, 9.17) is 9.47 Å². The van der Waals surface area contributed by atoms with Crippen LogP contribution in [0.15, 0.2) is 97.2 Å². The number of amides is 1. The van der Waals surface area contributed by atoms with Crippen LogP contribution in [-0.4, -0.2) is 87.5 Å². The Balaban J connectivity index is 2.23. The van der Waals surface area contributed by atoms with Crippen molar-refractivity contribution in [3.63, 3.8) is 0 Å². The van der Waals surface area contributed by atoms with E-state index in [0.717, 1.165) is 116 Å². The number of aliphatic hydroxyl groups is 5. The van der Waals surface area contributed by atoms with Crippen molar-refractivity contribution in [1.82, 2.24) is 5.32 Å². The Morgan fingerprint density at radius 3 is 1.31 bits per heavy atom. The number of ether oxygens (including phenoxy) is 2. The van der Waals surface area contributed by atoms with Gasteiger partial charge in [-0.2, -0.15) is 0 Å². The molecule has 0 aromatic rings. The summed E-state index contributed by atoms with van der Waals surface area (Å²) < 4.78 is 11.3. The van der Waals surface area contributed by atoms with E-state index in [0.29, 0.717) is 12.8 Å². The lowest BCUT2D eigenvalue weighted by molar-refractivity contribution is -0.302. The van der Waals surface area contributed by atoms with E-state index in [9.17, 15) is 30.3 Å². The summed E-state index contributed by atoms with van der Waals surface area (Å²) in [5.74, 6) is -0.162. The maximum absolute atomic E-state index is 13.1. The number of carbonyl (C=O) groups is 1. The number of aliphatic hydroxyl groups excluding tert-OH is 5. The van der Waals surface area contributed by atoms with E-state index in [1.54, 1.807) is 0 Å². The fourth-order valence-electron chi connectivity index (χ4n) is 8.47. The number of unbranched alkanes of at least 4 members (excludes halogenated alkanes) is 21. The summed E-state index contributed by atoms with van der Waals surface area (Å²) in [6, 6.07) is -0.734. The third-order valence-electron chi connectivity index (χ3n) is 13.0. The van der Waals surface area contributed by atoms with Crippen molar-refractivity contribution >= 4 is 5.91 Å². The number of rotatable bonds is 47. The van der Waals surface area contributed by atoms with E-state index < -0.39 is 49.5 Å². The Bertz CT molecular complexity index is 1420. The van der Waals surface area contributed by atoms with Gasteiger partial charge in [0, 0.05) is 6.42 Å². The van der Waals surface area contributed by atoms with Crippen LogP contribution in [0.1, 0.15) is 226 Å². The third-order valence-corrected chi connectivity index (χ3v) is 13.0. The van der Waals surface area contributed by atoms with Gasteiger partial charge < -0.3 is 40.3 Å². The van der Waals surface area contributed by atoms with Crippen LogP contribution in [-0.2, 0) is 14.3 Å². The minimum atomic E-state index is -1.56. The molecule has 1 aliphatic rings. The van der Waals surface area contributed by atoms with Crippen molar-refractivity contribution in [2.75, 3.05) is 13.2 Å². The number of hydrogen-bond acceptors (Lipinski definition) is 8. The first-order chi connectivity index (χ1) is 34.3. The topological polar surface area (TPSA) is 149 Å². The van der Waals surface area contributed by atoms with Crippen molar-refractivity contribution in [2.24, 2.45) is 0 Å². The van der Waals surface area contributed by atoms with Crippen LogP contribution >= 0.6 is 0 Å². The number of carbonyl (C=O) groups excluding carboxylic acids is 1. The second-order valence-electron chi connectivity index (χ2n) is 19.4. The van der Waals surface area contributed by atoms with Gasteiger partial charge in [-0.3, -0.25) is 4.79 Å². The van der Waals surface area contributed by atoms with Crippen molar-refractivity contribution in [3.8, 4) is 0 Å². The van der Waals surface area contributed by atoms with Crippen LogP contribution in [0.5, 0.6) is 0 Å². The minimum absolute atomic E-state index is 0.149. The van der Waals surface area contributed by atoms with E-state index in [1.165, 1.54) is 83.5 Å². The van der Waals surface area contributed by atoms with Gasteiger partial charge in [0.05, 0.1) is 25.4 Å². The maximum Gasteiger partial charge on any atom is 0.220 e. The Hall–Kier alpha value is -2.89. The van der Waals surface area contributed by atoms with Crippen molar-refractivity contribution in [1.29, 1.82) is 0 Å². The molecule has 1 heterocycles. The molecule has 1 fully saturated rings. The van der Waals surface area contributed by atoms with E-state index >= 15 is 0 Å². The fraction of sp³-hybridized carbons (Fsp3) is 0.721. The van der Waals surface area contributed by atoms with Gasteiger partial charge in [-0.15, -0.1) is 0 Å². The smallest absolute Gasteiger partial charge is 0.220 e. The number of allylic oxidation sites excluding steroid dienone is 16. The summed E-state index contributed by atoms with van der Waals surface area (Å²) in [5.41, 5.74) is 0. The Morgan fingerprint density at radius 2 is 0.886 bits per heavy atom. The molecule has 7 atom stereocenters. The van der Waals surface area contributed by atoms with E-state index in [1.807, 2.05) is 0 Å². The summed E-state index contributed by atoms with van der Waals surface area (Å²) in [6.45, 7) is 3.71. The molecule has 1 saturated heterocycles. The monoisotopic (exact) mass is 980 g/mol. The standard InChI is InChI=1S/C61H105NO8/c1-3-5-7-9-11-13-15-17-19-21-22-23-24-25-26-27-28-29-30-31-32-33-34-35-37-39-41-43-45-47-49-51-57(65)62-54(53-69-61-60(68)59(67)58(66)56(52-63)70-61)55(64)50-48-46-44-42-40-38-36-20-18-16-14-12-10-8-6-4-2/h5,7,11,13,17,19,22-23,25-26,28-29,31-32,34-35,54-56,58-61,63-64,66-68H,3-4,6,8-10,12,14-16,18,20-21,24,27,30,33,36-53H2,1-2H3,(H,62,65)/b7-5-,13-11-,19-17-,23-22-,26-25-,29-28-,32-31-,35-34-. The lowest BCUT2D eigenvalue weighted by Crippen LogP contribution is -2.60. The molecule has 6 N–H and O–H groups in total. The molecule has 0 aliphatic carbocycles. The molecular formula is C61H105NO8. The van der Waals surface area contributed by atoms with Crippen LogP contribution in [0.2, 0.25) is 0 Å². The molecule has 70 heavy (non-hydrogen) atoms. The molecular weight excluding hydrogens is 875 g/mol. The molecule has 7 unspecified atom stereocenters. The SMILES string of the molecule is CC/C=C\C/C=C\C/C=C\C/C=C\C/C=C\C/C=C\C/C=C\C/C=C\CCCCCCCCC(=O)NC(COC1OC(CO)C(O)C(O)C1O)C(O)CCCCCCCCCCCCCCCCCC. The molecule has 0 radical (unpaired) electrons. The van der Waals surface area contributed by atoms with Crippen molar-refractivity contribution in [3.05, 3.63) is 97.2 Å². The highest BCUT2D eigenvalue weighted by atomic mass is 16.7. The summed E-state index contributed by atoms with van der Waals surface area (Å²) in [4.78, 5) is 13.1. The zero-order valence-corrected chi connectivity index (χ0v) is 44.5. The average Bonchev–Trinajstić information content (AvgIpc) is 3.36. The zero-order valence-electron chi connectivity index (χ0n) is 44.5. The molecule has 9 nitrogen and oxygen atoms in total. The van der Waals surface area contributed by atoms with Crippen LogP contribution in [0.3, 0.4) is 0 Å². The summed E-state index contributed by atoms with van der Waals surface area (Å²) in [5, 5.41) is 54.6.